The summed E-state index contributed by atoms with van der Waals surface area (Å²) in [5, 5.41) is 6.80. The van der Waals surface area contributed by atoms with Gasteiger partial charge in [-0.15, -0.1) is 4.91 Å². The lowest BCUT2D eigenvalue weighted by Gasteiger charge is -2.15. The zero-order valence-corrected chi connectivity index (χ0v) is 19.2. The van der Waals surface area contributed by atoms with E-state index >= 15 is 0 Å². The highest BCUT2D eigenvalue weighted by molar-refractivity contribution is 7.92. The fraction of sp³-hybridized carbons (Fsp3) is 0.0417. The van der Waals surface area contributed by atoms with Gasteiger partial charge in [-0.1, -0.05) is 24.3 Å². The van der Waals surface area contributed by atoms with E-state index in [-0.39, 0.29) is 22.2 Å². The normalized spacial score (nSPS) is 11.3. The molecule has 174 valence electrons. The lowest BCUT2D eigenvalue weighted by atomic mass is 10.1. The number of pyridine rings is 1. The maximum atomic E-state index is 13.1. The minimum atomic E-state index is -4.12. The van der Waals surface area contributed by atoms with Crippen LogP contribution in [0, 0.1) is 4.91 Å². The number of benzene rings is 3. The second-order valence-electron chi connectivity index (χ2n) is 7.48. The molecule has 11 heteroatoms. The molecule has 35 heavy (non-hydrogen) atoms. The Morgan fingerprint density at radius 2 is 1.66 bits per heavy atom. The molecule has 0 unspecified atom stereocenters. The Hall–Kier alpha value is -4.64. The molecule has 0 saturated carbocycles. The van der Waals surface area contributed by atoms with Crippen molar-refractivity contribution in [3.8, 4) is 5.75 Å². The maximum absolute atomic E-state index is 13.1. The summed E-state index contributed by atoms with van der Waals surface area (Å²) in [7, 11) is -2.56. The van der Waals surface area contributed by atoms with Crippen LogP contribution in [-0.4, -0.2) is 30.5 Å². The second-order valence-corrected chi connectivity index (χ2v) is 9.16. The van der Waals surface area contributed by atoms with Crippen molar-refractivity contribution in [2.75, 3.05) is 17.1 Å². The molecule has 3 aromatic carbocycles. The topological polar surface area (TPSA) is 136 Å². The van der Waals surface area contributed by atoms with Crippen molar-refractivity contribution in [1.29, 1.82) is 0 Å². The van der Waals surface area contributed by atoms with Gasteiger partial charge in [0.05, 0.1) is 34.2 Å². The number of nitrogens with one attached hydrogen (secondary N) is 2. The standard InChI is InChI=1S/C24H18N6O4S/c1-34-17-12-15-6-5-11-25-22(15)21(14-17)28-23-24(27-20-10-3-2-9-19(20)26-23)30-35(32,33)18-8-4-7-16(13-18)29-31/h2-14H,1H3,(H,26,28)(H,27,30). The Labute approximate surface area is 200 Å². The van der Waals surface area contributed by atoms with Gasteiger partial charge >= 0.3 is 0 Å². The molecule has 0 aliphatic rings. The van der Waals surface area contributed by atoms with Crippen molar-refractivity contribution in [3.05, 3.63) is 83.9 Å². The minimum absolute atomic E-state index is 0.00950. The molecule has 2 aromatic heterocycles. The van der Waals surface area contributed by atoms with Gasteiger partial charge in [0.15, 0.2) is 11.6 Å². The molecule has 10 nitrogen and oxygen atoms in total. The van der Waals surface area contributed by atoms with Crippen LogP contribution >= 0.6 is 0 Å². The summed E-state index contributed by atoms with van der Waals surface area (Å²) in [6.07, 6.45) is 1.66. The molecular weight excluding hydrogens is 468 g/mol. The predicted molar refractivity (Wildman–Crippen MR) is 134 cm³/mol. The Kier molecular flexibility index (Phi) is 5.67. The third-order valence-electron chi connectivity index (χ3n) is 5.20. The van der Waals surface area contributed by atoms with E-state index in [9.17, 15) is 13.3 Å². The molecule has 0 amide bonds. The van der Waals surface area contributed by atoms with E-state index in [1.165, 1.54) is 24.3 Å². The molecule has 0 radical (unpaired) electrons. The number of hydrogen-bond donors (Lipinski definition) is 2. The summed E-state index contributed by atoms with van der Waals surface area (Å²) in [4.78, 5) is 24.3. The molecular formula is C24H18N6O4S. The van der Waals surface area contributed by atoms with E-state index in [0.29, 0.717) is 28.0 Å². The first-order valence-electron chi connectivity index (χ1n) is 10.4. The molecule has 2 N–H and O–H groups in total. The molecule has 0 spiro atoms. The first-order chi connectivity index (χ1) is 17.0. The number of aromatic nitrogens is 3. The monoisotopic (exact) mass is 486 g/mol. The molecule has 0 atom stereocenters. The number of para-hydroxylation sites is 2. The lowest BCUT2D eigenvalue weighted by Crippen LogP contribution is -2.16. The molecule has 5 aromatic rings. The quantitative estimate of drug-likeness (QED) is 0.302. The fourth-order valence-corrected chi connectivity index (χ4v) is 4.61. The van der Waals surface area contributed by atoms with Crippen LogP contribution in [0.4, 0.5) is 23.0 Å². The number of anilines is 3. The Morgan fingerprint density at radius 3 is 2.40 bits per heavy atom. The number of ether oxygens (including phenoxy) is 1. The number of hydrogen-bond acceptors (Lipinski definition) is 9. The van der Waals surface area contributed by atoms with Crippen LogP contribution in [0.25, 0.3) is 21.9 Å². The molecule has 0 saturated heterocycles. The van der Waals surface area contributed by atoms with Gasteiger partial charge < -0.3 is 10.1 Å². The van der Waals surface area contributed by atoms with Crippen molar-refractivity contribution in [3.63, 3.8) is 0 Å². The van der Waals surface area contributed by atoms with Gasteiger partial charge in [-0.2, -0.15) is 0 Å². The van der Waals surface area contributed by atoms with Crippen LogP contribution in [-0.2, 0) is 10.0 Å². The number of rotatable bonds is 7. The Bertz CT molecular complexity index is 1690. The molecule has 0 fully saturated rings. The van der Waals surface area contributed by atoms with Crippen molar-refractivity contribution in [2.45, 2.75) is 4.90 Å². The molecule has 2 heterocycles. The van der Waals surface area contributed by atoms with Crippen LogP contribution < -0.4 is 14.8 Å². The van der Waals surface area contributed by atoms with Gasteiger partial charge in [0.25, 0.3) is 10.0 Å². The molecule has 0 aliphatic heterocycles. The van der Waals surface area contributed by atoms with Crippen molar-refractivity contribution in [1.82, 2.24) is 15.0 Å². The molecule has 5 rings (SSSR count). The van der Waals surface area contributed by atoms with Crippen molar-refractivity contribution in [2.24, 2.45) is 5.18 Å². The highest BCUT2D eigenvalue weighted by Crippen LogP contribution is 2.33. The number of nitrogens with zero attached hydrogens (tertiary/aromatic N) is 4. The average molecular weight is 487 g/mol. The van der Waals surface area contributed by atoms with Gasteiger partial charge in [0.1, 0.15) is 11.4 Å². The zero-order chi connectivity index (χ0) is 24.4. The summed E-state index contributed by atoms with van der Waals surface area (Å²) < 4.78 is 34.2. The van der Waals surface area contributed by atoms with E-state index in [1.807, 2.05) is 24.3 Å². The van der Waals surface area contributed by atoms with E-state index < -0.39 is 10.0 Å². The average Bonchev–Trinajstić information content (AvgIpc) is 2.88. The SMILES string of the molecule is COc1cc(Nc2nc3ccccc3nc2NS(=O)(=O)c2cccc(N=O)c2)c2ncccc2c1. The van der Waals surface area contributed by atoms with Crippen molar-refractivity contribution < 1.29 is 13.2 Å². The second kappa shape index (κ2) is 8.95. The minimum Gasteiger partial charge on any atom is -0.497 e. The van der Waals surface area contributed by atoms with Crippen LogP contribution in [0.15, 0.2) is 89.1 Å². The van der Waals surface area contributed by atoms with Gasteiger partial charge in [0.2, 0.25) is 0 Å². The fourth-order valence-electron chi connectivity index (χ4n) is 3.56. The van der Waals surface area contributed by atoms with Gasteiger partial charge in [-0.3, -0.25) is 9.71 Å². The van der Waals surface area contributed by atoms with E-state index in [0.717, 1.165) is 5.39 Å². The van der Waals surface area contributed by atoms with E-state index in [4.69, 9.17) is 4.74 Å². The summed E-state index contributed by atoms with van der Waals surface area (Å²) >= 11 is 0. The number of fused-ring (bicyclic) bond motifs is 2. The highest BCUT2D eigenvalue weighted by Gasteiger charge is 2.20. The first kappa shape index (κ1) is 22.2. The smallest absolute Gasteiger partial charge is 0.263 e. The van der Waals surface area contributed by atoms with Gasteiger partial charge in [-0.25, -0.2) is 18.4 Å². The summed E-state index contributed by atoms with van der Waals surface area (Å²) in [6, 6.07) is 19.8. The third-order valence-corrected chi connectivity index (χ3v) is 6.54. The summed E-state index contributed by atoms with van der Waals surface area (Å²) in [5.41, 5.74) is 2.24. The van der Waals surface area contributed by atoms with Gasteiger partial charge in [0, 0.05) is 17.6 Å². The summed E-state index contributed by atoms with van der Waals surface area (Å²) in [6.45, 7) is 0. The lowest BCUT2D eigenvalue weighted by molar-refractivity contribution is 0.415. The summed E-state index contributed by atoms with van der Waals surface area (Å²) in [5.74, 6) is 0.722. The molecule has 0 bridgehead atoms. The molecule has 0 aliphatic carbocycles. The highest BCUT2D eigenvalue weighted by atomic mass is 32.2. The predicted octanol–water partition coefficient (Wildman–Crippen LogP) is 5.13. The van der Waals surface area contributed by atoms with E-state index in [1.54, 1.807) is 37.6 Å². The first-order valence-corrected chi connectivity index (χ1v) is 11.9. The van der Waals surface area contributed by atoms with Gasteiger partial charge in [-0.05, 0) is 47.6 Å². The van der Waals surface area contributed by atoms with Crippen LogP contribution in [0.3, 0.4) is 0 Å². The number of nitroso groups, excluding NO2 is 1. The van der Waals surface area contributed by atoms with Crippen molar-refractivity contribution >= 4 is 55.0 Å². The Balaban J connectivity index is 1.64. The largest absolute Gasteiger partial charge is 0.497 e. The Morgan fingerprint density at radius 1 is 0.886 bits per heavy atom. The zero-order valence-electron chi connectivity index (χ0n) is 18.3. The van der Waals surface area contributed by atoms with E-state index in [2.05, 4.69) is 30.2 Å². The van der Waals surface area contributed by atoms with Crippen LogP contribution in [0.2, 0.25) is 0 Å². The number of methoxy groups -OCH3 is 1. The van der Waals surface area contributed by atoms with Crippen LogP contribution in [0.1, 0.15) is 0 Å². The number of sulfonamides is 1. The van der Waals surface area contributed by atoms with Crippen LogP contribution in [0.5, 0.6) is 5.75 Å². The maximum Gasteiger partial charge on any atom is 0.263 e. The third kappa shape index (κ3) is 4.44.